The minimum Gasteiger partial charge on any atom is -0.0776 e. The Morgan fingerprint density at radius 3 is 0.605 bits per heavy atom. The molecular formula is C43H96. The highest BCUT2D eigenvalue weighted by Crippen LogP contribution is 2.40. The third-order valence-corrected chi connectivity index (χ3v) is 8.73. The van der Waals surface area contributed by atoms with E-state index in [9.17, 15) is 0 Å². The summed E-state index contributed by atoms with van der Waals surface area (Å²) < 4.78 is 0. The number of hydrogen-bond acceptors (Lipinski definition) is 0. The highest BCUT2D eigenvalue weighted by atomic mass is 14.3. The minimum absolute atomic E-state index is 0. The van der Waals surface area contributed by atoms with E-state index in [2.05, 4.69) is 83.1 Å². The summed E-state index contributed by atoms with van der Waals surface area (Å²) in [7, 11) is 0. The highest BCUT2D eigenvalue weighted by molar-refractivity contribution is 4.79. The van der Waals surface area contributed by atoms with E-state index in [-0.39, 0.29) is 37.1 Å². The van der Waals surface area contributed by atoms with Crippen LogP contribution in [0.15, 0.2) is 0 Å². The van der Waals surface area contributed by atoms with E-state index in [0.717, 1.165) is 23.7 Å². The van der Waals surface area contributed by atoms with E-state index in [1.54, 1.807) is 0 Å². The van der Waals surface area contributed by atoms with Crippen LogP contribution in [0.2, 0.25) is 0 Å². The van der Waals surface area contributed by atoms with Gasteiger partial charge in [-0.15, -0.1) is 0 Å². The second-order valence-corrected chi connectivity index (χ2v) is 19.0. The summed E-state index contributed by atoms with van der Waals surface area (Å²) in [6.45, 7) is 28.1. The Bertz CT molecular complexity index is 563. The lowest BCUT2D eigenvalue weighted by molar-refractivity contribution is 0.207. The van der Waals surface area contributed by atoms with Crippen LogP contribution in [0.5, 0.6) is 0 Å². The van der Waals surface area contributed by atoms with Crippen molar-refractivity contribution in [2.45, 2.75) is 236 Å². The lowest BCUT2D eigenvalue weighted by Crippen LogP contribution is -2.18. The van der Waals surface area contributed by atoms with E-state index >= 15 is 0 Å². The van der Waals surface area contributed by atoms with Gasteiger partial charge in [-0.3, -0.25) is 0 Å². The Morgan fingerprint density at radius 1 is 0.279 bits per heavy atom. The van der Waals surface area contributed by atoms with Gasteiger partial charge in [0.15, 0.2) is 0 Å². The third kappa shape index (κ3) is 34.7. The van der Waals surface area contributed by atoms with Gasteiger partial charge in [0.25, 0.3) is 0 Å². The summed E-state index contributed by atoms with van der Waals surface area (Å²) in [6.07, 6.45) is 26.6. The van der Waals surface area contributed by atoms with Crippen molar-refractivity contribution in [3.63, 3.8) is 0 Å². The van der Waals surface area contributed by atoms with Gasteiger partial charge in [-0.05, 0) is 71.0 Å². The van der Waals surface area contributed by atoms with E-state index < -0.39 is 0 Å². The summed E-state index contributed by atoms with van der Waals surface area (Å²) in [5.74, 6) is 4.27. The molecule has 0 unspecified atom stereocenters. The maximum Gasteiger partial charge on any atom is -0.0380 e. The van der Waals surface area contributed by atoms with Gasteiger partial charge in [-0.25, -0.2) is 0 Å². The lowest BCUT2D eigenvalue weighted by atomic mass is 9.74. The molecule has 0 aliphatic heterocycles. The predicted octanol–water partition coefficient (Wildman–Crippen LogP) is 16.9. The molecule has 0 saturated heterocycles. The molecule has 0 bridgehead atoms. The van der Waals surface area contributed by atoms with Crippen LogP contribution in [-0.4, -0.2) is 0 Å². The molecule has 0 N–H and O–H groups in total. The first-order valence-electron chi connectivity index (χ1n) is 17.3. The van der Waals surface area contributed by atoms with Crippen molar-refractivity contribution in [2.24, 2.45) is 45.3 Å². The van der Waals surface area contributed by atoms with Crippen molar-refractivity contribution < 1.29 is 0 Å². The molecule has 0 amide bonds. The molecule has 0 atom stereocenters. The SMILES string of the molecule is C.C.C.C.C.CC(C)(C)CC1CC1.CC(C)(C)CC1CCC1.CC(C)(C)CC1CCCC1.CC(C)(C)CC1CCCCC1. The molecule has 4 rings (SSSR count). The van der Waals surface area contributed by atoms with Crippen molar-refractivity contribution in [1.82, 2.24) is 0 Å². The molecule has 0 nitrogen and oxygen atoms in total. The van der Waals surface area contributed by atoms with Gasteiger partial charge < -0.3 is 0 Å². The average Bonchev–Trinajstić information content (AvgIpc) is 3.34. The van der Waals surface area contributed by atoms with Crippen molar-refractivity contribution in [3.8, 4) is 0 Å². The van der Waals surface area contributed by atoms with Crippen molar-refractivity contribution in [2.75, 3.05) is 0 Å². The molecule has 0 aromatic heterocycles. The van der Waals surface area contributed by atoms with Gasteiger partial charge in [0.1, 0.15) is 0 Å². The van der Waals surface area contributed by atoms with Gasteiger partial charge in [0.2, 0.25) is 0 Å². The Labute approximate surface area is 280 Å². The maximum absolute atomic E-state index is 2.36. The zero-order valence-corrected chi connectivity index (χ0v) is 29.0. The molecule has 0 spiro atoms. The molecule has 4 saturated carbocycles. The van der Waals surface area contributed by atoms with Gasteiger partial charge >= 0.3 is 0 Å². The summed E-state index contributed by atoms with van der Waals surface area (Å²) >= 11 is 0. The Morgan fingerprint density at radius 2 is 0.465 bits per heavy atom. The first kappa shape index (κ1) is 52.5. The van der Waals surface area contributed by atoms with Crippen LogP contribution in [-0.2, 0) is 0 Å². The van der Waals surface area contributed by atoms with Gasteiger partial charge in [-0.1, -0.05) is 210 Å². The number of hydrogen-bond donors (Lipinski definition) is 0. The normalized spacial score (nSPS) is 19.3. The molecule has 0 aromatic rings. The van der Waals surface area contributed by atoms with Gasteiger partial charge in [-0.2, -0.15) is 0 Å². The van der Waals surface area contributed by atoms with Crippen LogP contribution in [0.25, 0.3) is 0 Å². The Balaban J connectivity index is -0.000000144. The fraction of sp³-hybridized carbons (Fsp3) is 1.00. The maximum atomic E-state index is 2.36. The standard InChI is InChI=1S/C11H22.C10H20.C9H18.C8H16.5CH4/c1-11(2,3)9-10-7-5-4-6-8-10;1-10(2,3)8-9-6-4-5-7-9;1-9(2,3)7-8-5-4-6-8;1-8(2,3)6-7-4-5-7;;;;;/h10H,4-9H2,1-3H3;9H,4-8H2,1-3H3;8H,4-7H2,1-3H3;7H,4-6H2,1-3H3;5*1H4. The first-order valence-corrected chi connectivity index (χ1v) is 17.3. The second kappa shape index (κ2) is 24.2. The molecule has 4 aliphatic rings. The van der Waals surface area contributed by atoms with Crippen molar-refractivity contribution in [1.29, 1.82) is 0 Å². The zero-order valence-electron chi connectivity index (χ0n) is 29.0. The quantitative estimate of drug-likeness (QED) is 0.296. The van der Waals surface area contributed by atoms with Crippen LogP contribution in [0.4, 0.5) is 0 Å². The lowest BCUT2D eigenvalue weighted by Gasteiger charge is -2.31. The van der Waals surface area contributed by atoms with E-state index in [0.29, 0.717) is 21.7 Å². The first-order chi connectivity index (χ1) is 17.3. The van der Waals surface area contributed by atoms with Crippen LogP contribution in [0.1, 0.15) is 236 Å². The fourth-order valence-corrected chi connectivity index (χ4v) is 7.09. The summed E-state index contributed by atoms with van der Waals surface area (Å²) in [5, 5.41) is 0. The third-order valence-electron chi connectivity index (χ3n) is 8.73. The van der Waals surface area contributed by atoms with Crippen LogP contribution >= 0.6 is 0 Å². The molecular weight excluding hydrogens is 516 g/mol. The topological polar surface area (TPSA) is 0 Å². The van der Waals surface area contributed by atoms with E-state index in [1.165, 1.54) is 116 Å². The average molecular weight is 613 g/mol. The smallest absolute Gasteiger partial charge is 0.0380 e. The monoisotopic (exact) mass is 613 g/mol. The predicted molar refractivity (Wildman–Crippen MR) is 209 cm³/mol. The summed E-state index contributed by atoms with van der Waals surface area (Å²) in [6, 6.07) is 0. The molecule has 0 aromatic carbocycles. The molecule has 4 fully saturated rings. The number of rotatable bonds is 4. The Hall–Kier alpha value is 0. The molecule has 0 heteroatoms. The summed E-state index contributed by atoms with van der Waals surface area (Å²) in [4.78, 5) is 0. The van der Waals surface area contributed by atoms with Crippen LogP contribution < -0.4 is 0 Å². The minimum atomic E-state index is 0. The molecule has 4 aliphatic carbocycles. The fourth-order valence-electron chi connectivity index (χ4n) is 7.09. The van der Waals surface area contributed by atoms with E-state index in [4.69, 9.17) is 0 Å². The van der Waals surface area contributed by atoms with Crippen LogP contribution in [0.3, 0.4) is 0 Å². The molecule has 43 heavy (non-hydrogen) atoms. The Kier molecular flexibility index (Phi) is 29.6. The highest BCUT2D eigenvalue weighted by Gasteiger charge is 2.27. The zero-order chi connectivity index (χ0) is 29.0. The van der Waals surface area contributed by atoms with E-state index in [1.807, 2.05) is 0 Å². The molecule has 268 valence electrons. The summed E-state index contributed by atoms with van der Waals surface area (Å²) in [5.41, 5.74) is 2.28. The van der Waals surface area contributed by atoms with Crippen LogP contribution in [0, 0.1) is 45.3 Å². The van der Waals surface area contributed by atoms with Crippen molar-refractivity contribution >= 4 is 0 Å². The van der Waals surface area contributed by atoms with Crippen molar-refractivity contribution in [3.05, 3.63) is 0 Å². The molecule has 0 heterocycles. The second-order valence-electron chi connectivity index (χ2n) is 19.0. The largest absolute Gasteiger partial charge is 0.0776 e. The van der Waals surface area contributed by atoms with Gasteiger partial charge in [0.05, 0.1) is 0 Å². The van der Waals surface area contributed by atoms with Gasteiger partial charge in [0, 0.05) is 0 Å². The molecule has 0 radical (unpaired) electrons.